The van der Waals surface area contributed by atoms with Crippen molar-refractivity contribution in [3.05, 3.63) is 78.0 Å². The molecule has 0 fully saturated rings. The number of nitrogens with one attached hydrogen (secondary N) is 2. The molecular weight excluding hydrogens is 356 g/mol. The van der Waals surface area contributed by atoms with E-state index in [2.05, 4.69) is 20.7 Å². The van der Waals surface area contributed by atoms with Crippen molar-refractivity contribution in [1.29, 1.82) is 0 Å². The first kappa shape index (κ1) is 17.3. The van der Waals surface area contributed by atoms with E-state index in [1.165, 1.54) is 24.4 Å². The van der Waals surface area contributed by atoms with Crippen molar-refractivity contribution in [2.24, 2.45) is 5.10 Å². The third-order valence-electron chi connectivity index (χ3n) is 4.25. The Bertz CT molecular complexity index is 1200. The van der Waals surface area contributed by atoms with Crippen LogP contribution in [0.1, 0.15) is 16.1 Å². The lowest BCUT2D eigenvalue weighted by molar-refractivity contribution is 0.0950. The Morgan fingerprint density at radius 1 is 1.00 bits per heavy atom. The number of carbonyl (C=O) groups excluding carboxylic acids is 1. The van der Waals surface area contributed by atoms with Crippen molar-refractivity contribution >= 4 is 22.9 Å². The van der Waals surface area contributed by atoms with E-state index < -0.39 is 5.91 Å². The predicted octanol–water partition coefficient (Wildman–Crippen LogP) is 3.41. The number of aromatic nitrogens is 2. The molecule has 0 saturated carbocycles. The molecule has 0 saturated heterocycles. The number of nitrogens with zero attached hydrogens (tertiary/aromatic N) is 2. The number of phenolic OH excluding ortho intramolecular Hbond substituents is 2. The maximum atomic E-state index is 12.2. The molecule has 1 amide bonds. The van der Waals surface area contributed by atoms with Gasteiger partial charge in [0.15, 0.2) is 0 Å². The highest BCUT2D eigenvalue weighted by atomic mass is 16.3. The molecule has 28 heavy (non-hydrogen) atoms. The molecule has 0 aliphatic carbocycles. The van der Waals surface area contributed by atoms with E-state index in [0.717, 1.165) is 16.3 Å². The molecule has 0 atom stereocenters. The zero-order valence-corrected chi connectivity index (χ0v) is 14.6. The molecular formula is C21H16N4O3. The van der Waals surface area contributed by atoms with Crippen LogP contribution in [0.25, 0.3) is 22.0 Å². The summed E-state index contributed by atoms with van der Waals surface area (Å²) in [6.07, 6.45) is 1.29. The number of amides is 1. The number of hydrogen-bond donors (Lipinski definition) is 4. The van der Waals surface area contributed by atoms with Crippen LogP contribution < -0.4 is 5.43 Å². The summed E-state index contributed by atoms with van der Waals surface area (Å²) in [5.74, 6) is -0.662. The number of benzene rings is 3. The van der Waals surface area contributed by atoms with Gasteiger partial charge in [0.25, 0.3) is 5.91 Å². The van der Waals surface area contributed by atoms with Crippen LogP contribution in [-0.2, 0) is 0 Å². The second-order valence-corrected chi connectivity index (χ2v) is 6.17. The topological polar surface area (TPSA) is 111 Å². The zero-order chi connectivity index (χ0) is 19.5. The van der Waals surface area contributed by atoms with E-state index in [1.54, 1.807) is 6.07 Å². The highest BCUT2D eigenvalue weighted by Gasteiger charge is 2.11. The Kier molecular flexibility index (Phi) is 4.47. The Hall–Kier alpha value is -4.13. The van der Waals surface area contributed by atoms with Gasteiger partial charge in [-0.3, -0.25) is 9.89 Å². The third kappa shape index (κ3) is 3.54. The van der Waals surface area contributed by atoms with Gasteiger partial charge >= 0.3 is 0 Å². The van der Waals surface area contributed by atoms with Crippen molar-refractivity contribution < 1.29 is 15.0 Å². The van der Waals surface area contributed by atoms with Crippen LogP contribution in [0.5, 0.6) is 11.5 Å². The van der Waals surface area contributed by atoms with E-state index in [4.69, 9.17) is 0 Å². The highest BCUT2D eigenvalue weighted by molar-refractivity contribution is 5.95. The van der Waals surface area contributed by atoms with Crippen LogP contribution in [0.3, 0.4) is 0 Å². The minimum atomic E-state index is -0.464. The van der Waals surface area contributed by atoms with Gasteiger partial charge in [-0.1, -0.05) is 36.4 Å². The Labute approximate surface area is 160 Å². The highest BCUT2D eigenvalue weighted by Crippen LogP contribution is 2.23. The number of rotatable bonds is 4. The van der Waals surface area contributed by atoms with Crippen molar-refractivity contribution in [1.82, 2.24) is 15.6 Å². The van der Waals surface area contributed by atoms with Gasteiger partial charge in [-0.05, 0) is 35.0 Å². The maximum absolute atomic E-state index is 12.2. The predicted molar refractivity (Wildman–Crippen MR) is 106 cm³/mol. The average molecular weight is 372 g/mol. The lowest BCUT2D eigenvalue weighted by atomic mass is 10.1. The van der Waals surface area contributed by atoms with Gasteiger partial charge in [-0.15, -0.1) is 0 Å². The largest absolute Gasteiger partial charge is 0.508 e. The van der Waals surface area contributed by atoms with Crippen LogP contribution >= 0.6 is 0 Å². The molecule has 138 valence electrons. The molecule has 0 aliphatic rings. The molecule has 4 aromatic rings. The Morgan fingerprint density at radius 2 is 1.82 bits per heavy atom. The second-order valence-electron chi connectivity index (χ2n) is 6.17. The maximum Gasteiger partial charge on any atom is 0.289 e. The molecule has 0 unspecified atom stereocenters. The molecule has 4 rings (SSSR count). The van der Waals surface area contributed by atoms with Crippen LogP contribution in [0.2, 0.25) is 0 Å². The zero-order valence-electron chi connectivity index (χ0n) is 14.6. The first-order valence-electron chi connectivity index (χ1n) is 8.50. The molecule has 1 heterocycles. The fourth-order valence-corrected chi connectivity index (χ4v) is 2.80. The van der Waals surface area contributed by atoms with Gasteiger partial charge in [0.2, 0.25) is 0 Å². The first-order chi connectivity index (χ1) is 13.6. The third-order valence-corrected chi connectivity index (χ3v) is 4.25. The summed E-state index contributed by atoms with van der Waals surface area (Å²) in [4.78, 5) is 12.2. The van der Waals surface area contributed by atoms with Crippen molar-refractivity contribution in [3.63, 3.8) is 0 Å². The summed E-state index contributed by atoms with van der Waals surface area (Å²) in [5, 5.41) is 31.9. The van der Waals surface area contributed by atoms with E-state index in [0.29, 0.717) is 11.3 Å². The lowest BCUT2D eigenvalue weighted by Crippen LogP contribution is -2.18. The quantitative estimate of drug-likeness (QED) is 0.325. The van der Waals surface area contributed by atoms with Crippen LogP contribution in [0.15, 0.2) is 71.8 Å². The molecule has 7 heteroatoms. The van der Waals surface area contributed by atoms with Crippen LogP contribution in [0.4, 0.5) is 0 Å². The first-order valence-corrected chi connectivity index (χ1v) is 8.50. The van der Waals surface area contributed by atoms with E-state index in [1.807, 2.05) is 42.5 Å². The van der Waals surface area contributed by atoms with Gasteiger partial charge in [0.05, 0.1) is 11.9 Å². The standard InChI is InChI=1S/C21H16N4O3/c26-17-8-7-16(20(27)10-17)12-22-25-21(28)19-11-18(23-24-19)15-6-5-13-3-1-2-4-14(13)9-15/h1-12,26-27H,(H,23,24)(H,25,28)/b22-12+. The van der Waals surface area contributed by atoms with Gasteiger partial charge in [0, 0.05) is 17.2 Å². The minimum absolute atomic E-state index is 0.0580. The fraction of sp³-hybridized carbons (Fsp3) is 0. The molecule has 7 nitrogen and oxygen atoms in total. The number of carbonyl (C=O) groups is 1. The number of aromatic amines is 1. The fourth-order valence-electron chi connectivity index (χ4n) is 2.80. The summed E-state index contributed by atoms with van der Waals surface area (Å²) in [6.45, 7) is 0. The summed E-state index contributed by atoms with van der Waals surface area (Å²) < 4.78 is 0. The van der Waals surface area contributed by atoms with Gasteiger partial charge < -0.3 is 10.2 Å². The van der Waals surface area contributed by atoms with Crippen LogP contribution in [-0.4, -0.2) is 32.5 Å². The second kappa shape index (κ2) is 7.24. The molecule has 3 aromatic carbocycles. The number of aromatic hydroxyl groups is 2. The minimum Gasteiger partial charge on any atom is -0.508 e. The summed E-state index contributed by atoms with van der Waals surface area (Å²) in [6, 6.07) is 19.7. The number of hydrazone groups is 1. The number of phenols is 2. The van der Waals surface area contributed by atoms with Gasteiger partial charge in [-0.25, -0.2) is 5.43 Å². The number of fused-ring (bicyclic) bond motifs is 1. The normalized spacial score (nSPS) is 11.1. The average Bonchev–Trinajstić information content (AvgIpc) is 3.19. The summed E-state index contributed by atoms with van der Waals surface area (Å²) in [5.41, 5.74) is 4.53. The summed E-state index contributed by atoms with van der Waals surface area (Å²) >= 11 is 0. The molecule has 4 N–H and O–H groups in total. The SMILES string of the molecule is O=C(N/N=C/c1ccc(O)cc1O)c1cc(-c2ccc3ccccc3c2)n[nH]1. The van der Waals surface area contributed by atoms with Crippen LogP contribution in [0, 0.1) is 0 Å². The molecule has 1 aromatic heterocycles. The molecule has 0 spiro atoms. The summed E-state index contributed by atoms with van der Waals surface area (Å²) in [7, 11) is 0. The van der Waals surface area contributed by atoms with E-state index in [-0.39, 0.29) is 17.2 Å². The van der Waals surface area contributed by atoms with Crippen molar-refractivity contribution in [2.45, 2.75) is 0 Å². The number of H-pyrrole nitrogens is 1. The monoisotopic (exact) mass is 372 g/mol. The van der Waals surface area contributed by atoms with Gasteiger partial charge in [-0.2, -0.15) is 10.2 Å². The lowest BCUT2D eigenvalue weighted by Gasteiger charge is -2.00. The Morgan fingerprint density at radius 3 is 2.64 bits per heavy atom. The molecule has 0 bridgehead atoms. The molecule has 0 radical (unpaired) electrons. The molecule has 0 aliphatic heterocycles. The van der Waals surface area contributed by atoms with Gasteiger partial charge in [0.1, 0.15) is 17.2 Å². The van der Waals surface area contributed by atoms with Crippen molar-refractivity contribution in [3.8, 4) is 22.8 Å². The number of hydrogen-bond acceptors (Lipinski definition) is 5. The van der Waals surface area contributed by atoms with E-state index in [9.17, 15) is 15.0 Å². The Balaban J connectivity index is 1.48. The van der Waals surface area contributed by atoms with E-state index >= 15 is 0 Å². The van der Waals surface area contributed by atoms with Crippen molar-refractivity contribution in [2.75, 3.05) is 0 Å². The smallest absolute Gasteiger partial charge is 0.289 e.